The summed E-state index contributed by atoms with van der Waals surface area (Å²) >= 11 is 5.94. The standard InChI is InChI=1S/C21H17ClN4O2/c1-21(11-23)12-28-10-15-3-2-13(6-17(15)21)20(27)25-9-16-7-18-14(8-24-16)4-5-19(22)26-18/h2-8H,9-10,12H2,1H3,(H,25,27). The minimum atomic E-state index is -0.755. The van der Waals surface area contributed by atoms with Gasteiger partial charge in [0, 0.05) is 17.1 Å². The Balaban J connectivity index is 1.53. The maximum Gasteiger partial charge on any atom is 0.251 e. The Morgan fingerprint density at radius 1 is 1.36 bits per heavy atom. The van der Waals surface area contributed by atoms with Gasteiger partial charge in [-0.15, -0.1) is 0 Å². The molecule has 1 N–H and O–H groups in total. The number of carbonyl (C=O) groups excluding carboxylic acids is 1. The van der Waals surface area contributed by atoms with Gasteiger partial charge in [-0.05, 0) is 48.4 Å². The van der Waals surface area contributed by atoms with Crippen LogP contribution in [0.25, 0.3) is 10.9 Å². The average Bonchev–Trinajstić information content (AvgIpc) is 2.71. The molecule has 0 radical (unpaired) electrons. The molecule has 7 heteroatoms. The van der Waals surface area contributed by atoms with Gasteiger partial charge in [0.15, 0.2) is 0 Å². The zero-order valence-electron chi connectivity index (χ0n) is 15.2. The van der Waals surface area contributed by atoms with Crippen LogP contribution < -0.4 is 5.32 Å². The lowest BCUT2D eigenvalue weighted by Gasteiger charge is -2.30. The second-order valence-corrected chi connectivity index (χ2v) is 7.38. The lowest BCUT2D eigenvalue weighted by Crippen LogP contribution is -2.33. The number of hydrogen-bond acceptors (Lipinski definition) is 5. The Bertz CT molecular complexity index is 1130. The van der Waals surface area contributed by atoms with Crippen molar-refractivity contribution in [2.45, 2.75) is 25.5 Å². The lowest BCUT2D eigenvalue weighted by molar-refractivity contribution is 0.0757. The molecule has 1 aromatic carbocycles. The molecule has 140 valence electrons. The first-order chi connectivity index (χ1) is 13.5. The molecule has 1 amide bonds. The van der Waals surface area contributed by atoms with E-state index in [2.05, 4.69) is 21.4 Å². The van der Waals surface area contributed by atoms with Gasteiger partial charge in [-0.2, -0.15) is 5.26 Å². The van der Waals surface area contributed by atoms with E-state index in [4.69, 9.17) is 16.3 Å². The first-order valence-electron chi connectivity index (χ1n) is 8.80. The minimum Gasteiger partial charge on any atom is -0.375 e. The third kappa shape index (κ3) is 3.42. The van der Waals surface area contributed by atoms with Crippen molar-refractivity contribution in [2.75, 3.05) is 6.61 Å². The second-order valence-electron chi connectivity index (χ2n) is 6.99. The monoisotopic (exact) mass is 392 g/mol. The molecule has 1 aliphatic rings. The van der Waals surface area contributed by atoms with Crippen LogP contribution in [0.1, 0.15) is 34.1 Å². The van der Waals surface area contributed by atoms with E-state index in [0.717, 1.165) is 22.0 Å². The van der Waals surface area contributed by atoms with Crippen molar-refractivity contribution < 1.29 is 9.53 Å². The van der Waals surface area contributed by atoms with Crippen molar-refractivity contribution in [3.8, 4) is 6.07 Å². The maximum atomic E-state index is 12.6. The van der Waals surface area contributed by atoms with E-state index >= 15 is 0 Å². The number of nitrogens with zero attached hydrogens (tertiary/aromatic N) is 3. The fraction of sp³-hybridized carbons (Fsp3) is 0.238. The Morgan fingerprint density at radius 2 is 2.21 bits per heavy atom. The molecule has 28 heavy (non-hydrogen) atoms. The average molecular weight is 393 g/mol. The number of carbonyl (C=O) groups is 1. The molecule has 3 aromatic rings. The van der Waals surface area contributed by atoms with Gasteiger partial charge >= 0.3 is 0 Å². The molecule has 0 aliphatic carbocycles. The van der Waals surface area contributed by atoms with Crippen LogP contribution in [0.5, 0.6) is 0 Å². The van der Waals surface area contributed by atoms with Crippen molar-refractivity contribution >= 4 is 28.4 Å². The Labute approximate surface area is 167 Å². The maximum absolute atomic E-state index is 12.6. The highest BCUT2D eigenvalue weighted by atomic mass is 35.5. The summed E-state index contributed by atoms with van der Waals surface area (Å²) in [7, 11) is 0. The number of benzene rings is 1. The number of hydrogen-bond donors (Lipinski definition) is 1. The zero-order valence-corrected chi connectivity index (χ0v) is 16.0. The molecule has 2 aromatic heterocycles. The van der Waals surface area contributed by atoms with Gasteiger partial charge < -0.3 is 10.1 Å². The fourth-order valence-corrected chi connectivity index (χ4v) is 3.45. The van der Waals surface area contributed by atoms with Crippen molar-refractivity contribution in [2.24, 2.45) is 0 Å². The highest BCUT2D eigenvalue weighted by Crippen LogP contribution is 2.32. The van der Waals surface area contributed by atoms with Crippen LogP contribution in [0, 0.1) is 11.3 Å². The lowest BCUT2D eigenvalue weighted by atomic mass is 9.79. The van der Waals surface area contributed by atoms with Crippen LogP contribution in [0.15, 0.2) is 42.6 Å². The molecule has 1 atom stereocenters. The van der Waals surface area contributed by atoms with E-state index in [1.165, 1.54) is 0 Å². The number of halogens is 1. The minimum absolute atomic E-state index is 0.226. The molecular formula is C21H17ClN4O2. The third-order valence-electron chi connectivity index (χ3n) is 4.89. The van der Waals surface area contributed by atoms with Gasteiger partial charge in [0.1, 0.15) is 10.6 Å². The molecule has 0 saturated carbocycles. The summed E-state index contributed by atoms with van der Waals surface area (Å²) in [5, 5.41) is 13.7. The van der Waals surface area contributed by atoms with E-state index in [0.29, 0.717) is 29.6 Å². The van der Waals surface area contributed by atoms with Gasteiger partial charge in [0.2, 0.25) is 0 Å². The van der Waals surface area contributed by atoms with Crippen LogP contribution in [0.2, 0.25) is 5.15 Å². The summed E-state index contributed by atoms with van der Waals surface area (Å²) in [6.45, 7) is 2.85. The van der Waals surface area contributed by atoms with Gasteiger partial charge in [0.05, 0.1) is 37.0 Å². The molecule has 0 spiro atoms. The molecule has 4 rings (SSSR count). The predicted octanol–water partition coefficient (Wildman–Crippen LogP) is 3.52. The number of amides is 1. The summed E-state index contributed by atoms with van der Waals surface area (Å²) in [4.78, 5) is 21.2. The van der Waals surface area contributed by atoms with Crippen LogP contribution in [0.3, 0.4) is 0 Å². The van der Waals surface area contributed by atoms with Crippen molar-refractivity contribution in [3.05, 3.63) is 70.1 Å². The quantitative estimate of drug-likeness (QED) is 0.689. The number of aromatic nitrogens is 2. The summed E-state index contributed by atoms with van der Waals surface area (Å²) < 4.78 is 5.51. The van der Waals surface area contributed by atoms with Gasteiger partial charge in [-0.25, -0.2) is 4.98 Å². The van der Waals surface area contributed by atoms with Gasteiger partial charge in [-0.3, -0.25) is 9.78 Å². The van der Waals surface area contributed by atoms with E-state index < -0.39 is 5.41 Å². The third-order valence-corrected chi connectivity index (χ3v) is 5.10. The van der Waals surface area contributed by atoms with E-state index in [-0.39, 0.29) is 12.5 Å². The fourth-order valence-electron chi connectivity index (χ4n) is 3.30. The molecule has 0 fully saturated rings. The van der Waals surface area contributed by atoms with Crippen molar-refractivity contribution in [1.82, 2.24) is 15.3 Å². The molecule has 1 unspecified atom stereocenters. The van der Waals surface area contributed by atoms with Crippen LogP contribution in [-0.2, 0) is 23.3 Å². The largest absolute Gasteiger partial charge is 0.375 e. The first kappa shape index (κ1) is 18.4. The predicted molar refractivity (Wildman–Crippen MR) is 105 cm³/mol. The van der Waals surface area contributed by atoms with Crippen LogP contribution in [-0.4, -0.2) is 22.5 Å². The Morgan fingerprint density at radius 3 is 3.04 bits per heavy atom. The smallest absolute Gasteiger partial charge is 0.251 e. The summed E-state index contributed by atoms with van der Waals surface area (Å²) in [6.07, 6.45) is 1.71. The second kappa shape index (κ2) is 7.19. The Hall–Kier alpha value is -3.01. The number of fused-ring (bicyclic) bond motifs is 2. The van der Waals surface area contributed by atoms with E-state index in [9.17, 15) is 10.1 Å². The number of rotatable bonds is 3. The highest BCUT2D eigenvalue weighted by Gasteiger charge is 2.33. The highest BCUT2D eigenvalue weighted by molar-refractivity contribution is 6.29. The van der Waals surface area contributed by atoms with Crippen LogP contribution in [0.4, 0.5) is 0 Å². The molecular weight excluding hydrogens is 376 g/mol. The zero-order chi connectivity index (χ0) is 19.7. The molecule has 0 bridgehead atoms. The first-order valence-corrected chi connectivity index (χ1v) is 9.18. The van der Waals surface area contributed by atoms with E-state index in [1.54, 1.807) is 30.5 Å². The number of ether oxygens (including phenoxy) is 1. The summed E-state index contributed by atoms with van der Waals surface area (Å²) in [5.74, 6) is -0.226. The molecule has 3 heterocycles. The van der Waals surface area contributed by atoms with Gasteiger partial charge in [0.25, 0.3) is 5.91 Å². The topological polar surface area (TPSA) is 87.9 Å². The van der Waals surface area contributed by atoms with Gasteiger partial charge in [-0.1, -0.05) is 17.7 Å². The number of nitriles is 1. The van der Waals surface area contributed by atoms with Crippen LogP contribution >= 0.6 is 11.6 Å². The van der Waals surface area contributed by atoms with E-state index in [1.807, 2.05) is 19.1 Å². The number of pyridine rings is 2. The Kier molecular flexibility index (Phi) is 4.71. The SMILES string of the molecule is CC1(C#N)COCc2ccc(C(=O)NCc3cc4nc(Cl)ccc4cn3)cc21. The summed E-state index contributed by atoms with van der Waals surface area (Å²) in [6, 6.07) is 13.0. The normalized spacial score (nSPS) is 18.3. The van der Waals surface area contributed by atoms with Crippen molar-refractivity contribution in [1.29, 1.82) is 5.26 Å². The summed E-state index contributed by atoms with van der Waals surface area (Å²) in [5.41, 5.74) is 2.94. The number of nitrogens with one attached hydrogen (secondary N) is 1. The molecule has 0 saturated heterocycles. The van der Waals surface area contributed by atoms with Crippen molar-refractivity contribution in [3.63, 3.8) is 0 Å². The molecule has 1 aliphatic heterocycles. The molecule has 6 nitrogen and oxygen atoms in total.